The quantitative estimate of drug-likeness (QED) is 0.829. The van der Waals surface area contributed by atoms with Gasteiger partial charge in [0, 0.05) is 24.4 Å². The number of likely N-dealkylation sites (tertiary alicyclic amines) is 1. The molecule has 23 heavy (non-hydrogen) atoms. The first-order valence-corrected chi connectivity index (χ1v) is 8.28. The van der Waals surface area contributed by atoms with Gasteiger partial charge in [0.25, 0.3) is 0 Å². The zero-order valence-electron chi connectivity index (χ0n) is 13.4. The molecule has 2 N–H and O–H groups in total. The number of carbonyl (C=O) groups excluding carboxylic acids is 1. The summed E-state index contributed by atoms with van der Waals surface area (Å²) >= 11 is -2.47. The summed E-state index contributed by atoms with van der Waals surface area (Å²) in [5.41, 5.74) is 5.36. The molecule has 1 saturated heterocycles. The van der Waals surface area contributed by atoms with Crippen LogP contribution in [0.3, 0.4) is 0 Å². The maximum absolute atomic E-state index is 12.1. The topological polar surface area (TPSA) is 112 Å². The van der Waals surface area contributed by atoms with Crippen LogP contribution in [0.15, 0.2) is 18.3 Å². The maximum Gasteiger partial charge on any atom is 0.410 e. The predicted octanol–water partition coefficient (Wildman–Crippen LogP) is 1.27. The number of nitrogens with zero attached hydrogens (tertiary/aromatic N) is 3. The number of rotatable bonds is 3. The van der Waals surface area contributed by atoms with Gasteiger partial charge in [-0.3, -0.25) is 8.51 Å². The van der Waals surface area contributed by atoms with E-state index in [4.69, 9.17) is 10.5 Å². The lowest BCUT2D eigenvalue weighted by Crippen LogP contribution is -2.41. The number of amides is 1. The number of ether oxygens (including phenoxy) is 1. The van der Waals surface area contributed by atoms with Crippen LogP contribution in [-0.2, 0) is 16.0 Å². The van der Waals surface area contributed by atoms with Gasteiger partial charge in [-0.25, -0.2) is 9.78 Å². The average molecular weight is 341 g/mol. The van der Waals surface area contributed by atoms with Gasteiger partial charge < -0.3 is 19.9 Å². The Labute approximate surface area is 138 Å². The maximum atomic E-state index is 12.1. The zero-order valence-corrected chi connectivity index (χ0v) is 14.2. The summed E-state index contributed by atoms with van der Waals surface area (Å²) in [4.78, 5) is 17.5. The highest BCUT2D eigenvalue weighted by atomic mass is 32.2. The molecule has 0 saturated carbocycles. The van der Waals surface area contributed by atoms with E-state index in [1.54, 1.807) is 26.8 Å². The van der Waals surface area contributed by atoms with Crippen LogP contribution >= 0.6 is 0 Å². The smallest absolute Gasteiger partial charge is 0.410 e. The van der Waals surface area contributed by atoms with Crippen molar-refractivity contribution in [2.75, 3.05) is 23.1 Å². The molecule has 2 rings (SSSR count). The largest absolute Gasteiger partial charge is 0.755 e. The number of nitrogen functional groups attached to an aromatic ring is 1. The Morgan fingerprint density at radius 3 is 2.74 bits per heavy atom. The van der Waals surface area contributed by atoms with Crippen molar-refractivity contribution in [3.05, 3.63) is 18.3 Å². The minimum atomic E-state index is -2.47. The van der Waals surface area contributed by atoms with E-state index in [0.717, 1.165) is 0 Å². The van der Waals surface area contributed by atoms with Crippen molar-refractivity contribution in [2.45, 2.75) is 38.8 Å². The fraction of sp³-hybridized carbons (Fsp3) is 0.571. The molecule has 2 unspecified atom stereocenters. The Bertz CT molecular complexity index is 587. The van der Waals surface area contributed by atoms with Gasteiger partial charge >= 0.3 is 6.09 Å². The van der Waals surface area contributed by atoms with Gasteiger partial charge in [-0.05, 0) is 39.3 Å². The van der Waals surface area contributed by atoms with Gasteiger partial charge in [0.1, 0.15) is 11.4 Å². The van der Waals surface area contributed by atoms with Crippen LogP contribution < -0.4 is 10.0 Å². The normalized spacial score (nSPS) is 19.5. The summed E-state index contributed by atoms with van der Waals surface area (Å²) in [5.74, 6) is 0.312. The molecule has 1 aromatic heterocycles. The van der Waals surface area contributed by atoms with Crippen LogP contribution in [0.4, 0.5) is 16.3 Å². The van der Waals surface area contributed by atoms with Crippen molar-refractivity contribution in [1.82, 2.24) is 9.88 Å². The van der Waals surface area contributed by atoms with Crippen LogP contribution in [0.25, 0.3) is 0 Å². The summed E-state index contributed by atoms with van der Waals surface area (Å²) in [6.45, 7) is 6.08. The van der Waals surface area contributed by atoms with Crippen molar-refractivity contribution < 1.29 is 18.3 Å². The molecule has 0 aliphatic carbocycles. The summed E-state index contributed by atoms with van der Waals surface area (Å²) in [7, 11) is 0. The minimum absolute atomic E-state index is 0.271. The highest BCUT2D eigenvalue weighted by Gasteiger charge is 2.33. The van der Waals surface area contributed by atoms with Gasteiger partial charge in [0.05, 0.1) is 17.9 Å². The molecular weight excluding hydrogens is 320 g/mol. The molecule has 128 valence electrons. The monoisotopic (exact) mass is 341 g/mol. The molecule has 2 heterocycles. The van der Waals surface area contributed by atoms with E-state index in [-0.39, 0.29) is 12.6 Å². The van der Waals surface area contributed by atoms with Crippen molar-refractivity contribution in [3.8, 4) is 0 Å². The molecule has 8 nitrogen and oxygen atoms in total. The first-order valence-electron chi connectivity index (χ1n) is 7.25. The second-order valence-corrected chi connectivity index (χ2v) is 7.18. The third-order valence-corrected chi connectivity index (χ3v) is 4.16. The van der Waals surface area contributed by atoms with Gasteiger partial charge in [-0.2, -0.15) is 0 Å². The lowest BCUT2D eigenvalue weighted by molar-refractivity contribution is 0.0293. The Morgan fingerprint density at radius 2 is 2.22 bits per heavy atom. The first kappa shape index (κ1) is 17.5. The first-order chi connectivity index (χ1) is 10.7. The Kier molecular flexibility index (Phi) is 5.10. The van der Waals surface area contributed by atoms with Crippen molar-refractivity contribution >= 4 is 28.9 Å². The number of hydrogen-bond acceptors (Lipinski definition) is 6. The molecule has 0 spiro atoms. The van der Waals surface area contributed by atoms with Crippen molar-refractivity contribution in [1.29, 1.82) is 0 Å². The SMILES string of the molecule is CC(C)(C)OC(=O)N1CCC(N(c2ccc(N)nc2)S(=O)[O-])C1. The molecule has 1 aliphatic rings. The summed E-state index contributed by atoms with van der Waals surface area (Å²) in [6.07, 6.45) is 1.49. The van der Waals surface area contributed by atoms with Crippen molar-refractivity contribution in [2.24, 2.45) is 0 Å². The highest BCUT2D eigenvalue weighted by Crippen LogP contribution is 2.25. The molecule has 1 fully saturated rings. The Morgan fingerprint density at radius 1 is 1.52 bits per heavy atom. The number of anilines is 2. The van der Waals surface area contributed by atoms with Crippen LogP contribution in [0.5, 0.6) is 0 Å². The minimum Gasteiger partial charge on any atom is -0.755 e. The van der Waals surface area contributed by atoms with E-state index in [1.807, 2.05) is 0 Å². The van der Waals surface area contributed by atoms with E-state index < -0.39 is 23.0 Å². The lowest BCUT2D eigenvalue weighted by Gasteiger charge is -2.32. The molecule has 9 heteroatoms. The van der Waals surface area contributed by atoms with Crippen molar-refractivity contribution in [3.63, 3.8) is 0 Å². The zero-order chi connectivity index (χ0) is 17.2. The molecule has 0 radical (unpaired) electrons. The van der Waals surface area contributed by atoms with Crippen LogP contribution in [-0.4, -0.2) is 49.5 Å². The standard InChI is InChI=1S/C14H22N4O4S/c1-14(2,3)22-13(19)17-7-6-11(9-17)18(23(20)21)10-4-5-12(15)16-8-10/h4-5,8,11H,6-7,9H2,1-3H3,(H2,15,16)(H,20,21)/p-1. The van der Waals surface area contributed by atoms with E-state index in [0.29, 0.717) is 24.5 Å². The third kappa shape index (κ3) is 4.55. The highest BCUT2D eigenvalue weighted by molar-refractivity contribution is 7.80. The van der Waals surface area contributed by atoms with E-state index in [1.165, 1.54) is 21.5 Å². The number of carbonyl (C=O) groups is 1. The summed E-state index contributed by atoms with van der Waals surface area (Å²) in [6, 6.07) is 2.77. The van der Waals surface area contributed by atoms with Crippen LogP contribution in [0.1, 0.15) is 27.2 Å². The lowest BCUT2D eigenvalue weighted by atomic mass is 10.2. The molecule has 1 aliphatic heterocycles. The molecule has 1 aromatic rings. The Balaban J connectivity index is 2.09. The molecular formula is C14H21N4O4S-. The fourth-order valence-electron chi connectivity index (χ4n) is 2.37. The van der Waals surface area contributed by atoms with Gasteiger partial charge in [-0.1, -0.05) is 0 Å². The number of aromatic nitrogens is 1. The Hall–Kier alpha value is -1.87. The molecule has 0 bridgehead atoms. The van der Waals surface area contributed by atoms with E-state index in [2.05, 4.69) is 4.98 Å². The predicted molar refractivity (Wildman–Crippen MR) is 86.3 cm³/mol. The second-order valence-electron chi connectivity index (χ2n) is 6.35. The van der Waals surface area contributed by atoms with Gasteiger partial charge in [-0.15, -0.1) is 0 Å². The fourth-order valence-corrected chi connectivity index (χ4v) is 3.07. The van der Waals surface area contributed by atoms with Crippen LogP contribution in [0.2, 0.25) is 0 Å². The molecule has 1 amide bonds. The van der Waals surface area contributed by atoms with E-state index in [9.17, 15) is 13.6 Å². The molecule has 2 atom stereocenters. The van der Waals surface area contributed by atoms with E-state index >= 15 is 0 Å². The number of pyridine rings is 1. The second kappa shape index (κ2) is 6.71. The molecule has 0 aromatic carbocycles. The number of nitrogens with two attached hydrogens (primary N) is 1. The average Bonchev–Trinajstić information content (AvgIpc) is 2.88. The van der Waals surface area contributed by atoms with Crippen LogP contribution in [0, 0.1) is 0 Å². The van der Waals surface area contributed by atoms with Gasteiger partial charge in [0.2, 0.25) is 0 Å². The third-order valence-electron chi connectivity index (χ3n) is 3.33. The summed E-state index contributed by atoms with van der Waals surface area (Å²) in [5, 5.41) is 0. The van der Waals surface area contributed by atoms with Gasteiger partial charge in [0.15, 0.2) is 0 Å². The number of hydrogen-bond donors (Lipinski definition) is 1. The summed E-state index contributed by atoms with van der Waals surface area (Å²) < 4.78 is 29.8.